The predicted molar refractivity (Wildman–Crippen MR) is 45.0 cm³/mol. The molecule has 0 aliphatic rings. The molecule has 1 aromatic rings. The zero-order valence-corrected chi connectivity index (χ0v) is 7.19. The van der Waals surface area contributed by atoms with Crippen LogP contribution in [-0.2, 0) is 0 Å². The monoisotopic (exact) mass is 186 g/mol. The van der Waals surface area contributed by atoms with Gasteiger partial charge in [-0.25, -0.2) is 9.18 Å². The number of carbonyl (C=O) groups is 1. The zero-order chi connectivity index (χ0) is 9.14. The maximum Gasteiger partial charge on any atom is 0.369 e. The molecule has 1 aromatic carbocycles. The largest absolute Gasteiger partial charge is 0.473 e. The van der Waals surface area contributed by atoms with Crippen molar-refractivity contribution in [3.05, 3.63) is 29.6 Å². The van der Waals surface area contributed by atoms with E-state index in [4.69, 9.17) is 5.11 Å². The molecule has 12 heavy (non-hydrogen) atoms. The minimum Gasteiger partial charge on any atom is -0.473 e. The SMILES string of the molecule is Cc1cc(F)ccc1SC(=O)O. The minimum absolute atomic E-state index is 0.345. The minimum atomic E-state index is -0.982. The highest BCUT2D eigenvalue weighted by atomic mass is 32.2. The number of rotatable bonds is 1. The van der Waals surface area contributed by atoms with Crippen molar-refractivity contribution in [2.24, 2.45) is 0 Å². The van der Waals surface area contributed by atoms with E-state index in [2.05, 4.69) is 0 Å². The van der Waals surface area contributed by atoms with Crippen molar-refractivity contribution in [3.8, 4) is 0 Å². The fraction of sp³-hybridized carbons (Fsp3) is 0.125. The second kappa shape index (κ2) is 3.58. The molecule has 0 unspecified atom stereocenters. The third-order valence-electron chi connectivity index (χ3n) is 1.33. The van der Waals surface area contributed by atoms with Gasteiger partial charge in [0.25, 0.3) is 0 Å². The average molecular weight is 186 g/mol. The maximum absolute atomic E-state index is 12.5. The summed E-state index contributed by atoms with van der Waals surface area (Å²) in [6.45, 7) is 1.67. The first-order chi connectivity index (χ1) is 5.59. The van der Waals surface area contributed by atoms with Crippen molar-refractivity contribution in [2.75, 3.05) is 0 Å². The van der Waals surface area contributed by atoms with Crippen LogP contribution in [0.5, 0.6) is 0 Å². The van der Waals surface area contributed by atoms with Gasteiger partial charge in [-0.05, 0) is 42.4 Å². The first kappa shape index (κ1) is 9.06. The molecule has 1 N–H and O–H groups in total. The summed E-state index contributed by atoms with van der Waals surface area (Å²) in [7, 11) is 0. The van der Waals surface area contributed by atoms with E-state index in [1.807, 2.05) is 0 Å². The van der Waals surface area contributed by atoms with Crippen LogP contribution >= 0.6 is 11.8 Å². The van der Waals surface area contributed by atoms with Gasteiger partial charge in [-0.3, -0.25) is 0 Å². The van der Waals surface area contributed by atoms with Gasteiger partial charge < -0.3 is 5.11 Å². The highest BCUT2D eigenvalue weighted by Crippen LogP contribution is 2.22. The predicted octanol–water partition coefficient (Wildman–Crippen LogP) is 2.90. The molecule has 4 heteroatoms. The van der Waals surface area contributed by atoms with Crippen LogP contribution in [0.25, 0.3) is 0 Å². The summed E-state index contributed by atoms with van der Waals surface area (Å²) in [4.78, 5) is 10.8. The van der Waals surface area contributed by atoms with E-state index in [0.29, 0.717) is 22.2 Å². The number of benzene rings is 1. The molecule has 0 bridgehead atoms. The van der Waals surface area contributed by atoms with Crippen molar-refractivity contribution in [1.29, 1.82) is 0 Å². The quantitative estimate of drug-likeness (QED) is 0.685. The fourth-order valence-electron chi connectivity index (χ4n) is 0.821. The number of hydrogen-bond acceptors (Lipinski definition) is 2. The summed E-state index contributed by atoms with van der Waals surface area (Å²) >= 11 is 0.684. The Morgan fingerprint density at radius 2 is 2.25 bits per heavy atom. The van der Waals surface area contributed by atoms with Crippen molar-refractivity contribution in [3.63, 3.8) is 0 Å². The number of halogens is 1. The summed E-state index contributed by atoms with van der Waals surface area (Å²) in [6, 6.07) is 4.02. The number of thioether (sulfide) groups is 1. The Morgan fingerprint density at radius 1 is 1.58 bits per heavy atom. The van der Waals surface area contributed by atoms with Crippen LogP contribution in [0.3, 0.4) is 0 Å². The molecule has 1 rings (SSSR count). The highest BCUT2D eigenvalue weighted by Gasteiger charge is 2.04. The van der Waals surface area contributed by atoms with Gasteiger partial charge >= 0.3 is 5.30 Å². The molecular weight excluding hydrogens is 179 g/mol. The number of hydrogen-bond donors (Lipinski definition) is 1. The van der Waals surface area contributed by atoms with Crippen molar-refractivity contribution < 1.29 is 14.3 Å². The molecule has 0 aromatic heterocycles. The molecule has 0 fully saturated rings. The Morgan fingerprint density at radius 3 is 2.75 bits per heavy atom. The van der Waals surface area contributed by atoms with Gasteiger partial charge in [-0.15, -0.1) is 0 Å². The molecule has 0 radical (unpaired) electrons. The van der Waals surface area contributed by atoms with Crippen LogP contribution in [-0.4, -0.2) is 10.4 Å². The molecule has 0 heterocycles. The Balaban J connectivity index is 2.93. The normalized spacial score (nSPS) is 9.83. The fourth-order valence-corrected chi connectivity index (χ4v) is 1.37. The van der Waals surface area contributed by atoms with E-state index >= 15 is 0 Å². The van der Waals surface area contributed by atoms with E-state index in [-0.39, 0.29) is 5.82 Å². The molecule has 2 nitrogen and oxygen atoms in total. The lowest BCUT2D eigenvalue weighted by atomic mass is 10.2. The lowest BCUT2D eigenvalue weighted by Gasteiger charge is -2.00. The van der Waals surface area contributed by atoms with E-state index in [1.54, 1.807) is 6.92 Å². The third kappa shape index (κ3) is 2.23. The van der Waals surface area contributed by atoms with Crippen molar-refractivity contribution in [1.82, 2.24) is 0 Å². The summed E-state index contributed by atoms with van der Waals surface area (Å²) in [6.07, 6.45) is 0. The zero-order valence-electron chi connectivity index (χ0n) is 6.37. The van der Waals surface area contributed by atoms with Gasteiger partial charge in [0.2, 0.25) is 0 Å². The molecule has 64 valence electrons. The Bertz CT molecular complexity index is 312. The van der Waals surface area contributed by atoms with Crippen LogP contribution < -0.4 is 0 Å². The molecule has 0 aliphatic heterocycles. The lowest BCUT2D eigenvalue weighted by molar-refractivity contribution is 0.222. The molecule has 0 aliphatic carbocycles. The van der Waals surface area contributed by atoms with E-state index < -0.39 is 5.30 Å². The Kier molecular flexibility index (Phi) is 2.70. The van der Waals surface area contributed by atoms with E-state index in [9.17, 15) is 9.18 Å². The summed E-state index contributed by atoms with van der Waals surface area (Å²) in [5.74, 6) is -0.345. The van der Waals surface area contributed by atoms with Crippen molar-refractivity contribution in [2.45, 2.75) is 11.8 Å². The van der Waals surface area contributed by atoms with E-state index in [0.717, 1.165) is 0 Å². The molecule has 0 saturated carbocycles. The third-order valence-corrected chi connectivity index (χ3v) is 2.19. The standard InChI is InChI=1S/C8H7FO2S/c1-5-4-6(9)2-3-7(5)12-8(10)11/h2-4H,1H3,(H,10,11). The average Bonchev–Trinajstić information content (AvgIpc) is 1.94. The summed E-state index contributed by atoms with van der Waals surface area (Å²) < 4.78 is 12.5. The molecule has 0 atom stereocenters. The lowest BCUT2D eigenvalue weighted by Crippen LogP contribution is -1.87. The van der Waals surface area contributed by atoms with Gasteiger partial charge in [0.05, 0.1) is 0 Å². The molecule has 0 amide bonds. The van der Waals surface area contributed by atoms with Crippen LogP contribution in [0.2, 0.25) is 0 Å². The molecular formula is C8H7FO2S. The second-order valence-corrected chi connectivity index (χ2v) is 3.27. The van der Waals surface area contributed by atoms with Crippen LogP contribution in [0, 0.1) is 12.7 Å². The topological polar surface area (TPSA) is 37.3 Å². The smallest absolute Gasteiger partial charge is 0.369 e. The second-order valence-electron chi connectivity index (χ2n) is 2.28. The first-order valence-electron chi connectivity index (χ1n) is 3.26. The van der Waals surface area contributed by atoms with Gasteiger partial charge in [0.15, 0.2) is 0 Å². The maximum atomic E-state index is 12.5. The van der Waals surface area contributed by atoms with Gasteiger partial charge in [-0.1, -0.05) is 0 Å². The molecule has 0 spiro atoms. The first-order valence-corrected chi connectivity index (χ1v) is 4.08. The summed E-state index contributed by atoms with van der Waals surface area (Å²) in [5, 5.41) is 7.45. The summed E-state index contributed by atoms with van der Waals surface area (Å²) in [5.41, 5.74) is 0.641. The van der Waals surface area contributed by atoms with Gasteiger partial charge in [0, 0.05) is 4.90 Å². The van der Waals surface area contributed by atoms with Gasteiger partial charge in [-0.2, -0.15) is 0 Å². The van der Waals surface area contributed by atoms with E-state index in [1.165, 1.54) is 18.2 Å². The van der Waals surface area contributed by atoms with Crippen LogP contribution in [0.4, 0.5) is 9.18 Å². The number of aryl methyl sites for hydroxylation is 1. The van der Waals surface area contributed by atoms with Crippen LogP contribution in [0.1, 0.15) is 5.56 Å². The van der Waals surface area contributed by atoms with Gasteiger partial charge in [0.1, 0.15) is 5.82 Å². The van der Waals surface area contributed by atoms with Crippen LogP contribution in [0.15, 0.2) is 23.1 Å². The molecule has 0 saturated heterocycles. The van der Waals surface area contributed by atoms with Crippen molar-refractivity contribution >= 4 is 17.1 Å². The Hall–Kier alpha value is -1.03. The number of carboxylic acid groups (broad SMARTS) is 1. The highest BCUT2D eigenvalue weighted by molar-refractivity contribution is 8.13. The Labute approximate surface area is 73.4 Å².